The highest BCUT2D eigenvalue weighted by molar-refractivity contribution is 6.17. The molecule has 2 aromatic carbocycles. The van der Waals surface area contributed by atoms with Crippen molar-refractivity contribution in [3.63, 3.8) is 0 Å². The number of hydrogen-bond donors (Lipinski definition) is 0. The van der Waals surface area contributed by atoms with Crippen LogP contribution in [0, 0.1) is 0 Å². The molecule has 0 bridgehead atoms. The second-order valence-electron chi connectivity index (χ2n) is 3.76. The molecule has 0 aliphatic rings. The normalized spacial score (nSPS) is 10.7. The summed E-state index contributed by atoms with van der Waals surface area (Å²) in [6.45, 7) is 0.552. The first-order chi connectivity index (χ1) is 8.42. The molecule has 2 heteroatoms. The Morgan fingerprint density at radius 2 is 1.29 bits per heavy atom. The van der Waals surface area contributed by atoms with Crippen molar-refractivity contribution in [2.24, 2.45) is 0 Å². The largest absolute Gasteiger partial charge is 0.368 e. The fraction of sp³-hybridized carbons (Fsp3) is 0.200. The van der Waals surface area contributed by atoms with Crippen LogP contribution in [-0.4, -0.2) is 12.5 Å². The molecule has 17 heavy (non-hydrogen) atoms. The highest BCUT2D eigenvalue weighted by atomic mass is 35.5. The first-order valence-corrected chi connectivity index (χ1v) is 6.22. The lowest BCUT2D eigenvalue weighted by Gasteiger charge is -2.18. The molecule has 0 spiro atoms. The zero-order chi connectivity index (χ0) is 11.9. The quantitative estimate of drug-likeness (QED) is 0.724. The molecule has 88 valence electrons. The Balaban J connectivity index is 2.26. The molecule has 1 nitrogen and oxygen atoms in total. The van der Waals surface area contributed by atoms with E-state index in [4.69, 9.17) is 16.3 Å². The summed E-state index contributed by atoms with van der Waals surface area (Å²) in [5.41, 5.74) is 2.31. The maximum Gasteiger partial charge on any atom is 0.108 e. The zero-order valence-corrected chi connectivity index (χ0v) is 10.3. The Morgan fingerprint density at radius 1 is 0.824 bits per heavy atom. The van der Waals surface area contributed by atoms with Crippen LogP contribution in [0.1, 0.15) is 17.2 Å². The van der Waals surface area contributed by atoms with Gasteiger partial charge in [0, 0.05) is 5.88 Å². The lowest BCUT2D eigenvalue weighted by Crippen LogP contribution is -2.07. The zero-order valence-electron chi connectivity index (χ0n) is 9.55. The molecular formula is C15H15ClO. The summed E-state index contributed by atoms with van der Waals surface area (Å²) >= 11 is 5.70. The van der Waals surface area contributed by atoms with Gasteiger partial charge in [-0.3, -0.25) is 0 Å². The molecule has 0 N–H and O–H groups in total. The summed E-state index contributed by atoms with van der Waals surface area (Å²) in [5.74, 6) is 0.510. The van der Waals surface area contributed by atoms with Gasteiger partial charge in [0.15, 0.2) is 0 Å². The number of rotatable bonds is 5. The molecule has 0 atom stereocenters. The van der Waals surface area contributed by atoms with E-state index >= 15 is 0 Å². The smallest absolute Gasteiger partial charge is 0.108 e. The second kappa shape index (κ2) is 6.43. The maximum absolute atomic E-state index is 5.83. The molecule has 0 aromatic heterocycles. The van der Waals surface area contributed by atoms with E-state index in [9.17, 15) is 0 Å². The van der Waals surface area contributed by atoms with Crippen LogP contribution >= 0.6 is 11.6 Å². The summed E-state index contributed by atoms with van der Waals surface area (Å²) in [4.78, 5) is 0. The summed E-state index contributed by atoms with van der Waals surface area (Å²) in [6.07, 6.45) is -0.0313. The first kappa shape index (κ1) is 12.2. The van der Waals surface area contributed by atoms with E-state index in [1.807, 2.05) is 36.4 Å². The number of hydrogen-bond acceptors (Lipinski definition) is 1. The van der Waals surface area contributed by atoms with Gasteiger partial charge in [-0.2, -0.15) is 0 Å². The molecular weight excluding hydrogens is 232 g/mol. The number of ether oxygens (including phenoxy) is 1. The highest BCUT2D eigenvalue weighted by Gasteiger charge is 2.13. The van der Waals surface area contributed by atoms with Crippen molar-refractivity contribution in [1.82, 2.24) is 0 Å². The summed E-state index contributed by atoms with van der Waals surface area (Å²) in [7, 11) is 0. The molecule has 2 aromatic rings. The summed E-state index contributed by atoms with van der Waals surface area (Å²) < 4.78 is 5.83. The molecule has 0 unspecified atom stereocenters. The third kappa shape index (κ3) is 3.32. The number of benzene rings is 2. The van der Waals surface area contributed by atoms with E-state index in [-0.39, 0.29) is 6.10 Å². The van der Waals surface area contributed by atoms with Gasteiger partial charge in [-0.05, 0) is 11.1 Å². The van der Waals surface area contributed by atoms with Crippen molar-refractivity contribution in [3.8, 4) is 0 Å². The van der Waals surface area contributed by atoms with Crippen molar-refractivity contribution in [2.75, 3.05) is 12.5 Å². The van der Waals surface area contributed by atoms with Gasteiger partial charge in [-0.15, -0.1) is 11.6 Å². The van der Waals surface area contributed by atoms with Gasteiger partial charge < -0.3 is 4.74 Å². The van der Waals surface area contributed by atoms with Crippen LogP contribution < -0.4 is 0 Å². The standard InChI is InChI=1S/C15H15ClO/c16-11-12-17-15(13-7-3-1-4-8-13)14-9-5-2-6-10-14/h1-10,15H,11-12H2. The van der Waals surface area contributed by atoms with Gasteiger partial charge in [0.05, 0.1) is 6.61 Å². The van der Waals surface area contributed by atoms with Gasteiger partial charge in [-0.1, -0.05) is 60.7 Å². The van der Waals surface area contributed by atoms with Gasteiger partial charge in [0.2, 0.25) is 0 Å². The monoisotopic (exact) mass is 246 g/mol. The van der Waals surface area contributed by atoms with Crippen LogP contribution in [0.15, 0.2) is 60.7 Å². The van der Waals surface area contributed by atoms with Gasteiger partial charge in [0.1, 0.15) is 6.10 Å². The minimum Gasteiger partial charge on any atom is -0.368 e. The topological polar surface area (TPSA) is 9.23 Å². The SMILES string of the molecule is ClCCOC(c1ccccc1)c1ccccc1. The number of alkyl halides is 1. The molecule has 0 aliphatic carbocycles. The van der Waals surface area contributed by atoms with Gasteiger partial charge >= 0.3 is 0 Å². The average Bonchev–Trinajstić information content (AvgIpc) is 2.42. The fourth-order valence-electron chi connectivity index (χ4n) is 1.80. The lowest BCUT2D eigenvalue weighted by atomic mass is 10.0. The number of halogens is 1. The van der Waals surface area contributed by atoms with Crippen LogP contribution in [0.3, 0.4) is 0 Å². The molecule has 0 heterocycles. The Hall–Kier alpha value is -1.31. The van der Waals surface area contributed by atoms with Crippen molar-refractivity contribution in [3.05, 3.63) is 71.8 Å². The van der Waals surface area contributed by atoms with Crippen molar-refractivity contribution in [2.45, 2.75) is 6.10 Å². The van der Waals surface area contributed by atoms with Crippen LogP contribution in [0.5, 0.6) is 0 Å². The Kier molecular flexibility index (Phi) is 4.60. The van der Waals surface area contributed by atoms with E-state index in [1.54, 1.807) is 0 Å². The molecule has 0 amide bonds. The van der Waals surface area contributed by atoms with Crippen molar-refractivity contribution >= 4 is 11.6 Å². The Morgan fingerprint density at radius 3 is 1.71 bits per heavy atom. The molecule has 0 saturated heterocycles. The molecule has 0 aliphatic heterocycles. The Bertz CT molecular complexity index is 388. The van der Waals surface area contributed by atoms with Gasteiger partial charge in [-0.25, -0.2) is 0 Å². The minimum atomic E-state index is -0.0313. The fourth-order valence-corrected chi connectivity index (χ4v) is 1.89. The molecule has 2 rings (SSSR count). The van der Waals surface area contributed by atoms with E-state index in [0.29, 0.717) is 12.5 Å². The van der Waals surface area contributed by atoms with Crippen LogP contribution in [-0.2, 0) is 4.74 Å². The minimum absolute atomic E-state index is 0.0313. The summed E-state index contributed by atoms with van der Waals surface area (Å²) in [6, 6.07) is 20.4. The van der Waals surface area contributed by atoms with Crippen LogP contribution in [0.2, 0.25) is 0 Å². The lowest BCUT2D eigenvalue weighted by molar-refractivity contribution is 0.0929. The summed E-state index contributed by atoms with van der Waals surface area (Å²) in [5, 5.41) is 0. The van der Waals surface area contributed by atoms with E-state index < -0.39 is 0 Å². The van der Waals surface area contributed by atoms with E-state index in [0.717, 1.165) is 11.1 Å². The first-order valence-electron chi connectivity index (χ1n) is 5.69. The van der Waals surface area contributed by atoms with Crippen molar-refractivity contribution < 1.29 is 4.74 Å². The molecule has 0 radical (unpaired) electrons. The highest BCUT2D eigenvalue weighted by Crippen LogP contribution is 2.25. The van der Waals surface area contributed by atoms with Crippen molar-refractivity contribution in [1.29, 1.82) is 0 Å². The van der Waals surface area contributed by atoms with E-state index in [2.05, 4.69) is 24.3 Å². The molecule has 0 saturated carbocycles. The Labute approximate surface area is 107 Å². The third-order valence-corrected chi connectivity index (χ3v) is 2.72. The van der Waals surface area contributed by atoms with E-state index in [1.165, 1.54) is 0 Å². The third-order valence-electron chi connectivity index (χ3n) is 2.57. The average molecular weight is 247 g/mol. The van der Waals surface area contributed by atoms with Crippen LogP contribution in [0.25, 0.3) is 0 Å². The second-order valence-corrected chi connectivity index (χ2v) is 4.14. The predicted octanol–water partition coefficient (Wildman–Crippen LogP) is 4.03. The molecule has 0 fully saturated rings. The van der Waals surface area contributed by atoms with Crippen LogP contribution in [0.4, 0.5) is 0 Å². The predicted molar refractivity (Wildman–Crippen MR) is 71.4 cm³/mol. The van der Waals surface area contributed by atoms with Gasteiger partial charge in [0.25, 0.3) is 0 Å². The maximum atomic E-state index is 5.83.